The van der Waals surface area contributed by atoms with Crippen molar-refractivity contribution in [1.29, 1.82) is 0 Å². The van der Waals surface area contributed by atoms with Crippen LogP contribution in [0.1, 0.15) is 0 Å². The summed E-state index contributed by atoms with van der Waals surface area (Å²) in [5, 5.41) is 9.09. The summed E-state index contributed by atoms with van der Waals surface area (Å²) in [7, 11) is 4.94. The molecule has 0 amide bonds. The van der Waals surface area contributed by atoms with Crippen LogP contribution in [0, 0.1) is 0 Å². The molecule has 4 heterocycles. The standard InChI is InChI=1S/C16H17N7O3S/c1-20-12(10-5-4-7-26-10)18-19-15(20)27-8-6-23-9-17-13-11(23)14(24)22(3)16(25)21(13)2/h4-5,7,9H,6,8H2,1-3H3. The zero-order chi connectivity index (χ0) is 19.1. The van der Waals surface area contributed by atoms with Crippen LogP contribution in [0.5, 0.6) is 0 Å². The van der Waals surface area contributed by atoms with E-state index in [-0.39, 0.29) is 5.56 Å². The molecule has 0 bridgehead atoms. The molecule has 0 spiro atoms. The highest BCUT2D eigenvalue weighted by molar-refractivity contribution is 7.99. The first-order valence-corrected chi connectivity index (χ1v) is 9.14. The largest absolute Gasteiger partial charge is 0.461 e. The van der Waals surface area contributed by atoms with E-state index in [1.807, 2.05) is 17.7 Å². The number of rotatable bonds is 5. The molecule has 0 saturated carbocycles. The highest BCUT2D eigenvalue weighted by Gasteiger charge is 2.16. The van der Waals surface area contributed by atoms with Crippen molar-refractivity contribution in [3.63, 3.8) is 0 Å². The van der Waals surface area contributed by atoms with Crippen molar-refractivity contribution in [2.75, 3.05) is 5.75 Å². The number of aryl methyl sites for hydroxylation is 2. The van der Waals surface area contributed by atoms with E-state index in [2.05, 4.69) is 15.2 Å². The van der Waals surface area contributed by atoms with E-state index in [9.17, 15) is 9.59 Å². The van der Waals surface area contributed by atoms with Crippen molar-refractivity contribution in [1.82, 2.24) is 33.4 Å². The quantitative estimate of drug-likeness (QED) is 0.462. The molecule has 0 aliphatic carbocycles. The predicted octanol–water partition coefficient (Wildman–Crippen LogP) is 0.614. The van der Waals surface area contributed by atoms with Crippen LogP contribution in [0.15, 0.2) is 43.9 Å². The third-order valence-electron chi connectivity index (χ3n) is 4.36. The van der Waals surface area contributed by atoms with Gasteiger partial charge in [-0.3, -0.25) is 13.9 Å². The summed E-state index contributed by atoms with van der Waals surface area (Å²) in [6.45, 7) is 0.539. The Morgan fingerprint density at radius 2 is 1.93 bits per heavy atom. The van der Waals surface area contributed by atoms with E-state index >= 15 is 0 Å². The molecule has 0 fully saturated rings. The summed E-state index contributed by atoms with van der Waals surface area (Å²) in [6, 6.07) is 3.63. The Morgan fingerprint density at radius 1 is 1.11 bits per heavy atom. The molecule has 0 aliphatic heterocycles. The van der Waals surface area contributed by atoms with E-state index in [1.54, 1.807) is 30.3 Å². The Morgan fingerprint density at radius 3 is 2.67 bits per heavy atom. The molecule has 4 aromatic rings. The molecule has 4 aromatic heterocycles. The molecular formula is C16H17N7O3S. The number of furan rings is 1. The predicted molar refractivity (Wildman–Crippen MR) is 99.6 cm³/mol. The second-order valence-electron chi connectivity index (χ2n) is 6.01. The number of nitrogens with zero attached hydrogens (tertiary/aromatic N) is 7. The van der Waals surface area contributed by atoms with Gasteiger partial charge < -0.3 is 13.6 Å². The van der Waals surface area contributed by atoms with Gasteiger partial charge in [0, 0.05) is 33.4 Å². The Bertz CT molecular complexity index is 1230. The highest BCUT2D eigenvalue weighted by Crippen LogP contribution is 2.23. The van der Waals surface area contributed by atoms with Crippen molar-refractivity contribution >= 4 is 22.9 Å². The van der Waals surface area contributed by atoms with Crippen LogP contribution >= 0.6 is 11.8 Å². The maximum absolute atomic E-state index is 12.5. The van der Waals surface area contributed by atoms with Gasteiger partial charge in [0.2, 0.25) is 0 Å². The highest BCUT2D eigenvalue weighted by atomic mass is 32.2. The zero-order valence-electron chi connectivity index (χ0n) is 15.0. The minimum atomic E-state index is -0.392. The lowest BCUT2D eigenvalue weighted by molar-refractivity contribution is 0.572. The maximum atomic E-state index is 12.5. The molecule has 0 unspecified atom stereocenters. The number of hydrogen-bond acceptors (Lipinski definition) is 7. The minimum Gasteiger partial charge on any atom is -0.461 e. The smallest absolute Gasteiger partial charge is 0.332 e. The molecule has 4 rings (SSSR count). The van der Waals surface area contributed by atoms with E-state index in [4.69, 9.17) is 4.42 Å². The van der Waals surface area contributed by atoms with E-state index in [0.717, 1.165) is 9.72 Å². The van der Waals surface area contributed by atoms with Crippen molar-refractivity contribution in [2.45, 2.75) is 11.7 Å². The monoisotopic (exact) mass is 387 g/mol. The molecule has 11 heteroatoms. The van der Waals surface area contributed by atoms with Crippen LogP contribution in [0.3, 0.4) is 0 Å². The van der Waals surface area contributed by atoms with Crippen molar-refractivity contribution in [3.8, 4) is 11.6 Å². The van der Waals surface area contributed by atoms with Gasteiger partial charge in [-0.25, -0.2) is 9.78 Å². The number of imidazole rings is 1. The van der Waals surface area contributed by atoms with Crippen LogP contribution < -0.4 is 11.2 Å². The molecule has 0 saturated heterocycles. The Kier molecular flexibility index (Phi) is 4.22. The Balaban J connectivity index is 1.56. The molecule has 0 N–H and O–H groups in total. The van der Waals surface area contributed by atoms with Gasteiger partial charge in [-0.2, -0.15) is 0 Å². The third-order valence-corrected chi connectivity index (χ3v) is 5.36. The number of aromatic nitrogens is 7. The zero-order valence-corrected chi connectivity index (χ0v) is 15.8. The second kappa shape index (κ2) is 6.58. The molecule has 140 valence electrons. The molecule has 0 aliphatic rings. The fourth-order valence-corrected chi connectivity index (χ4v) is 3.71. The van der Waals surface area contributed by atoms with Gasteiger partial charge in [0.15, 0.2) is 27.9 Å². The van der Waals surface area contributed by atoms with Crippen LogP contribution in [-0.2, 0) is 27.7 Å². The van der Waals surface area contributed by atoms with E-state index in [1.165, 1.54) is 23.4 Å². The fraction of sp³-hybridized carbons (Fsp3) is 0.312. The average Bonchev–Trinajstić information content (AvgIpc) is 3.39. The summed E-state index contributed by atoms with van der Waals surface area (Å²) < 4.78 is 11.4. The van der Waals surface area contributed by atoms with Gasteiger partial charge in [0.25, 0.3) is 5.56 Å². The van der Waals surface area contributed by atoms with Gasteiger partial charge in [-0.15, -0.1) is 10.2 Å². The average molecular weight is 387 g/mol. The fourth-order valence-electron chi connectivity index (χ4n) is 2.86. The Hall–Kier alpha value is -3.08. The number of thioether (sulfide) groups is 1. The number of fused-ring (bicyclic) bond motifs is 1. The summed E-state index contributed by atoms with van der Waals surface area (Å²) in [5.74, 6) is 1.96. The topological polar surface area (TPSA) is 106 Å². The normalized spacial score (nSPS) is 11.5. The second-order valence-corrected chi connectivity index (χ2v) is 7.07. The van der Waals surface area contributed by atoms with Crippen LogP contribution in [-0.4, -0.2) is 39.2 Å². The molecule has 0 atom stereocenters. The lowest BCUT2D eigenvalue weighted by Gasteiger charge is -2.06. The summed E-state index contributed by atoms with van der Waals surface area (Å²) in [6.07, 6.45) is 3.17. The van der Waals surface area contributed by atoms with Crippen molar-refractivity contribution in [2.24, 2.45) is 21.1 Å². The maximum Gasteiger partial charge on any atom is 0.332 e. The summed E-state index contributed by atoms with van der Waals surface area (Å²) >= 11 is 1.51. The molecule has 0 aromatic carbocycles. The van der Waals surface area contributed by atoms with Gasteiger partial charge >= 0.3 is 5.69 Å². The minimum absolute atomic E-state index is 0.352. The van der Waals surface area contributed by atoms with Crippen LogP contribution in [0.25, 0.3) is 22.7 Å². The first-order valence-electron chi connectivity index (χ1n) is 8.16. The molecule has 27 heavy (non-hydrogen) atoms. The molecular weight excluding hydrogens is 370 g/mol. The van der Waals surface area contributed by atoms with E-state index < -0.39 is 5.69 Å². The number of hydrogen-bond donors (Lipinski definition) is 0. The summed E-state index contributed by atoms with van der Waals surface area (Å²) in [4.78, 5) is 28.7. The molecule has 0 radical (unpaired) electrons. The lowest BCUT2D eigenvalue weighted by Crippen LogP contribution is -2.37. The first kappa shape index (κ1) is 17.3. The molecule has 10 nitrogen and oxygen atoms in total. The van der Waals surface area contributed by atoms with Gasteiger partial charge in [0.1, 0.15) is 0 Å². The van der Waals surface area contributed by atoms with Crippen LogP contribution in [0.2, 0.25) is 0 Å². The van der Waals surface area contributed by atoms with Gasteiger partial charge in [-0.05, 0) is 12.1 Å². The summed E-state index contributed by atoms with van der Waals surface area (Å²) in [5.41, 5.74) is 0.0485. The van der Waals surface area contributed by atoms with Crippen molar-refractivity contribution in [3.05, 3.63) is 45.6 Å². The van der Waals surface area contributed by atoms with Gasteiger partial charge in [0.05, 0.1) is 12.6 Å². The first-order chi connectivity index (χ1) is 13.0. The van der Waals surface area contributed by atoms with E-state index in [0.29, 0.717) is 35.0 Å². The Labute approximate surface area is 157 Å². The SMILES string of the molecule is Cn1c(SCCn2cnc3c2c(=O)n(C)c(=O)n3C)nnc1-c1ccco1. The van der Waals surface area contributed by atoms with Crippen LogP contribution in [0.4, 0.5) is 0 Å². The van der Waals surface area contributed by atoms with Crippen molar-refractivity contribution < 1.29 is 4.42 Å². The van der Waals surface area contributed by atoms with Gasteiger partial charge in [-0.1, -0.05) is 11.8 Å². The third kappa shape index (κ3) is 2.79. The lowest BCUT2D eigenvalue weighted by atomic mass is 10.4.